The molecule has 0 saturated carbocycles. The molecule has 0 radical (unpaired) electrons. The maximum atomic E-state index is 11.9. The number of nitrogens with one attached hydrogen (secondary N) is 1. The Kier molecular flexibility index (Phi) is 3.93. The fourth-order valence-corrected chi connectivity index (χ4v) is 3.00. The molecule has 0 atom stereocenters. The van der Waals surface area contributed by atoms with Crippen LogP contribution < -0.4 is 11.1 Å². The van der Waals surface area contributed by atoms with Crippen LogP contribution in [0.4, 0.5) is 0 Å². The summed E-state index contributed by atoms with van der Waals surface area (Å²) in [6, 6.07) is 12.4. The van der Waals surface area contributed by atoms with Gasteiger partial charge in [-0.15, -0.1) is 0 Å². The predicted molar refractivity (Wildman–Crippen MR) is 98.2 cm³/mol. The van der Waals surface area contributed by atoms with Crippen molar-refractivity contribution in [2.75, 3.05) is 0 Å². The summed E-state index contributed by atoms with van der Waals surface area (Å²) in [6.07, 6.45) is 0. The highest BCUT2D eigenvalue weighted by Gasteiger charge is 2.13. The Balaban J connectivity index is 1.82. The summed E-state index contributed by atoms with van der Waals surface area (Å²) >= 11 is 5.99. The molecule has 0 saturated heterocycles. The molecule has 8 heteroatoms. The number of hydrogen-bond donors (Lipinski definition) is 1. The van der Waals surface area contributed by atoms with Gasteiger partial charge in [0.2, 0.25) is 5.82 Å². The van der Waals surface area contributed by atoms with E-state index in [-0.39, 0.29) is 0 Å². The smallest absolute Gasteiger partial charge is 0.316 e. The lowest BCUT2D eigenvalue weighted by atomic mass is 10.1. The molecular weight excluding hydrogens is 356 g/mol. The van der Waals surface area contributed by atoms with Gasteiger partial charge < -0.3 is 14.1 Å². The first-order chi connectivity index (χ1) is 12.6. The largest absolute Gasteiger partial charge is 0.334 e. The number of halogens is 1. The van der Waals surface area contributed by atoms with E-state index < -0.39 is 11.1 Å². The molecule has 0 aliphatic rings. The highest BCUT2D eigenvalue weighted by molar-refractivity contribution is 6.30. The first-order valence-corrected chi connectivity index (χ1v) is 8.31. The van der Waals surface area contributed by atoms with Crippen LogP contribution in [-0.2, 0) is 6.54 Å². The second-order valence-electron chi connectivity index (χ2n) is 5.67. The van der Waals surface area contributed by atoms with Gasteiger partial charge in [-0.3, -0.25) is 9.59 Å². The average Bonchev–Trinajstić information content (AvgIpc) is 3.13. The van der Waals surface area contributed by atoms with E-state index in [2.05, 4.69) is 15.1 Å². The number of hydrogen-bond acceptors (Lipinski definition) is 5. The third kappa shape index (κ3) is 2.72. The van der Waals surface area contributed by atoms with Crippen LogP contribution in [0.5, 0.6) is 0 Å². The maximum absolute atomic E-state index is 11.9. The molecule has 0 fully saturated rings. The maximum Gasteiger partial charge on any atom is 0.316 e. The van der Waals surface area contributed by atoms with Gasteiger partial charge in [0.25, 0.3) is 5.89 Å². The molecule has 0 bridgehead atoms. The summed E-state index contributed by atoms with van der Waals surface area (Å²) in [7, 11) is 0. The quantitative estimate of drug-likeness (QED) is 0.561. The molecule has 4 rings (SSSR count). The van der Waals surface area contributed by atoms with E-state index in [1.807, 2.05) is 13.0 Å². The van der Waals surface area contributed by atoms with Crippen LogP contribution >= 0.6 is 11.6 Å². The lowest BCUT2D eigenvalue weighted by Crippen LogP contribution is -2.35. The Morgan fingerprint density at radius 1 is 1.15 bits per heavy atom. The van der Waals surface area contributed by atoms with Gasteiger partial charge in [0.05, 0.1) is 11.0 Å². The first-order valence-electron chi connectivity index (χ1n) is 7.93. The van der Waals surface area contributed by atoms with Gasteiger partial charge in [-0.1, -0.05) is 22.8 Å². The second kappa shape index (κ2) is 6.27. The van der Waals surface area contributed by atoms with Crippen molar-refractivity contribution in [3.8, 4) is 22.8 Å². The van der Waals surface area contributed by atoms with Crippen LogP contribution in [0.3, 0.4) is 0 Å². The summed E-state index contributed by atoms with van der Waals surface area (Å²) in [5.41, 5.74) is 1.30. The Labute approximate surface area is 151 Å². The number of fused-ring (bicyclic) bond motifs is 1. The fourth-order valence-electron chi connectivity index (χ4n) is 2.81. The van der Waals surface area contributed by atoms with Crippen molar-refractivity contribution in [1.29, 1.82) is 0 Å². The molecule has 2 heterocycles. The fraction of sp³-hybridized carbons (Fsp3) is 0.111. The number of aromatic nitrogens is 4. The van der Waals surface area contributed by atoms with Gasteiger partial charge in [-0.2, -0.15) is 4.98 Å². The topological polar surface area (TPSA) is 93.8 Å². The monoisotopic (exact) mass is 368 g/mol. The minimum absolute atomic E-state index is 0.342. The lowest BCUT2D eigenvalue weighted by molar-refractivity contribution is 0.432. The molecule has 26 heavy (non-hydrogen) atoms. The van der Waals surface area contributed by atoms with Gasteiger partial charge in [0.1, 0.15) is 0 Å². The normalized spacial score (nSPS) is 11.2. The molecule has 2 aromatic carbocycles. The van der Waals surface area contributed by atoms with Crippen LogP contribution in [0.15, 0.2) is 56.6 Å². The lowest BCUT2D eigenvalue weighted by Gasteiger charge is -2.07. The van der Waals surface area contributed by atoms with Crippen molar-refractivity contribution in [2.24, 2.45) is 0 Å². The predicted octanol–water partition coefficient (Wildman–Crippen LogP) is 3.08. The van der Waals surface area contributed by atoms with Gasteiger partial charge in [0.15, 0.2) is 0 Å². The van der Waals surface area contributed by atoms with Crippen molar-refractivity contribution in [3.05, 3.63) is 68.2 Å². The summed E-state index contributed by atoms with van der Waals surface area (Å²) in [5, 5.41) is 4.56. The minimum atomic E-state index is -0.663. The van der Waals surface area contributed by atoms with Gasteiger partial charge >= 0.3 is 11.1 Å². The van der Waals surface area contributed by atoms with Crippen LogP contribution in [0.25, 0.3) is 33.9 Å². The highest BCUT2D eigenvalue weighted by atomic mass is 35.5. The first kappa shape index (κ1) is 16.3. The Morgan fingerprint density at radius 2 is 2.00 bits per heavy atom. The van der Waals surface area contributed by atoms with E-state index in [0.717, 1.165) is 0 Å². The molecule has 2 aromatic heterocycles. The van der Waals surface area contributed by atoms with Crippen LogP contribution in [-0.4, -0.2) is 19.7 Å². The van der Waals surface area contributed by atoms with E-state index in [4.69, 9.17) is 16.1 Å². The number of nitrogens with zero attached hydrogens (tertiary/aromatic N) is 3. The number of rotatable bonds is 3. The molecule has 1 N–H and O–H groups in total. The molecular formula is C18H13ClN4O3. The van der Waals surface area contributed by atoms with Crippen molar-refractivity contribution in [2.45, 2.75) is 13.5 Å². The van der Waals surface area contributed by atoms with Crippen molar-refractivity contribution in [3.63, 3.8) is 0 Å². The summed E-state index contributed by atoms with van der Waals surface area (Å²) in [5.74, 6) is 0.714. The molecule has 0 amide bonds. The number of aryl methyl sites for hydroxylation is 1. The molecule has 0 aliphatic heterocycles. The third-order valence-electron chi connectivity index (χ3n) is 4.05. The average molecular weight is 369 g/mol. The Bertz CT molecular complexity index is 1240. The summed E-state index contributed by atoms with van der Waals surface area (Å²) < 4.78 is 6.74. The zero-order valence-corrected chi connectivity index (χ0v) is 14.4. The van der Waals surface area contributed by atoms with Crippen molar-refractivity contribution >= 4 is 22.6 Å². The van der Waals surface area contributed by atoms with Crippen LogP contribution in [0, 0.1) is 0 Å². The van der Waals surface area contributed by atoms with Crippen molar-refractivity contribution in [1.82, 2.24) is 19.7 Å². The van der Waals surface area contributed by atoms with Crippen LogP contribution in [0.1, 0.15) is 6.92 Å². The Hall–Kier alpha value is -3.19. The molecule has 0 spiro atoms. The number of benzene rings is 2. The third-order valence-corrected chi connectivity index (χ3v) is 4.28. The molecule has 0 unspecified atom stereocenters. The van der Waals surface area contributed by atoms with E-state index in [0.29, 0.717) is 45.4 Å². The van der Waals surface area contributed by atoms with E-state index in [9.17, 15) is 9.59 Å². The standard InChI is InChI=1S/C18H13ClN4O3/c1-2-23-14-7-6-10(9-13(14)20-16(24)18(23)25)15-21-17(26-22-15)11-4-3-5-12(19)8-11/h3-9H,2H2,1H3,(H,20,24). The zero-order valence-electron chi connectivity index (χ0n) is 13.7. The summed E-state index contributed by atoms with van der Waals surface area (Å²) in [6.45, 7) is 2.21. The van der Waals surface area contributed by atoms with Gasteiger partial charge in [-0.05, 0) is 43.3 Å². The minimum Gasteiger partial charge on any atom is -0.334 e. The molecule has 7 nitrogen and oxygen atoms in total. The number of H-pyrrole nitrogens is 1. The molecule has 130 valence electrons. The molecule has 4 aromatic rings. The van der Waals surface area contributed by atoms with Gasteiger partial charge in [0, 0.05) is 22.7 Å². The Morgan fingerprint density at radius 3 is 2.77 bits per heavy atom. The van der Waals surface area contributed by atoms with Gasteiger partial charge in [-0.25, -0.2) is 0 Å². The van der Waals surface area contributed by atoms with Crippen molar-refractivity contribution < 1.29 is 4.52 Å². The van der Waals surface area contributed by atoms with E-state index >= 15 is 0 Å². The SMILES string of the molecule is CCn1c(=O)c(=O)[nH]c2cc(-c3noc(-c4cccc(Cl)c4)n3)ccc21. The van der Waals surface area contributed by atoms with Crippen LogP contribution in [0.2, 0.25) is 5.02 Å². The zero-order chi connectivity index (χ0) is 18.3. The molecule has 0 aliphatic carbocycles. The van der Waals surface area contributed by atoms with E-state index in [1.165, 1.54) is 4.57 Å². The second-order valence-corrected chi connectivity index (χ2v) is 6.11. The highest BCUT2D eigenvalue weighted by Crippen LogP contribution is 2.25. The van der Waals surface area contributed by atoms with E-state index in [1.54, 1.807) is 36.4 Å². The number of aromatic amines is 1. The summed E-state index contributed by atoms with van der Waals surface area (Å²) in [4.78, 5) is 30.7.